The number of furan rings is 1. The standard InChI is InChI=1S/C19H19ClN2O2S/c20-14-3-5-17-16(12-14)21-19(25-17)13-7-9-22(10-8-13)18(23)6-4-15-2-1-11-24-15/h1-3,5,11-13H,4,6-10H2. The van der Waals surface area contributed by atoms with Crippen molar-refractivity contribution in [1.29, 1.82) is 0 Å². The molecule has 130 valence electrons. The summed E-state index contributed by atoms with van der Waals surface area (Å²) >= 11 is 7.79. The van der Waals surface area contributed by atoms with Gasteiger partial charge in [-0.2, -0.15) is 0 Å². The van der Waals surface area contributed by atoms with Crippen molar-refractivity contribution in [2.75, 3.05) is 13.1 Å². The molecule has 0 atom stereocenters. The molecule has 1 aliphatic rings. The van der Waals surface area contributed by atoms with Gasteiger partial charge in [-0.3, -0.25) is 4.79 Å². The molecule has 0 N–H and O–H groups in total. The Balaban J connectivity index is 1.34. The fourth-order valence-electron chi connectivity index (χ4n) is 3.31. The van der Waals surface area contributed by atoms with Crippen LogP contribution in [0.25, 0.3) is 10.2 Å². The van der Waals surface area contributed by atoms with E-state index in [1.54, 1.807) is 17.6 Å². The van der Waals surface area contributed by atoms with Crippen molar-refractivity contribution in [3.63, 3.8) is 0 Å². The highest BCUT2D eigenvalue weighted by atomic mass is 35.5. The molecule has 1 fully saturated rings. The van der Waals surface area contributed by atoms with E-state index in [0.717, 1.165) is 42.2 Å². The zero-order valence-corrected chi connectivity index (χ0v) is 15.4. The van der Waals surface area contributed by atoms with Gasteiger partial charge in [0, 0.05) is 36.9 Å². The average Bonchev–Trinajstić information content (AvgIpc) is 3.29. The Morgan fingerprint density at radius 1 is 1.32 bits per heavy atom. The van der Waals surface area contributed by atoms with Crippen LogP contribution in [0.3, 0.4) is 0 Å². The second-order valence-corrected chi connectivity index (χ2v) is 7.90. The van der Waals surface area contributed by atoms with Crippen molar-refractivity contribution >= 4 is 39.1 Å². The first kappa shape index (κ1) is 16.6. The minimum Gasteiger partial charge on any atom is -0.469 e. The first-order chi connectivity index (χ1) is 12.2. The molecule has 4 rings (SSSR count). The van der Waals surface area contributed by atoms with Crippen molar-refractivity contribution in [3.8, 4) is 0 Å². The zero-order valence-electron chi connectivity index (χ0n) is 13.8. The lowest BCUT2D eigenvalue weighted by Crippen LogP contribution is -2.38. The number of carbonyl (C=O) groups excluding carboxylic acids is 1. The van der Waals surface area contributed by atoms with Gasteiger partial charge in [0.1, 0.15) is 5.76 Å². The summed E-state index contributed by atoms with van der Waals surface area (Å²) in [5, 5.41) is 1.89. The lowest BCUT2D eigenvalue weighted by Gasteiger charge is -2.31. The Morgan fingerprint density at radius 2 is 2.16 bits per heavy atom. The van der Waals surface area contributed by atoms with Gasteiger partial charge in [-0.1, -0.05) is 11.6 Å². The van der Waals surface area contributed by atoms with Crippen LogP contribution in [0.4, 0.5) is 0 Å². The quantitative estimate of drug-likeness (QED) is 0.653. The topological polar surface area (TPSA) is 46.3 Å². The Kier molecular flexibility index (Phi) is 4.77. The van der Waals surface area contributed by atoms with Crippen molar-refractivity contribution in [2.24, 2.45) is 0 Å². The van der Waals surface area contributed by atoms with E-state index >= 15 is 0 Å². The van der Waals surface area contributed by atoms with Gasteiger partial charge in [0.05, 0.1) is 21.5 Å². The minimum atomic E-state index is 0.214. The predicted molar refractivity (Wildman–Crippen MR) is 100 cm³/mol. The molecule has 1 aromatic carbocycles. The Morgan fingerprint density at radius 3 is 2.92 bits per heavy atom. The van der Waals surface area contributed by atoms with Gasteiger partial charge in [0.2, 0.25) is 5.91 Å². The van der Waals surface area contributed by atoms with E-state index in [2.05, 4.69) is 0 Å². The molecule has 0 bridgehead atoms. The summed E-state index contributed by atoms with van der Waals surface area (Å²) in [6.45, 7) is 1.61. The summed E-state index contributed by atoms with van der Waals surface area (Å²) in [5.41, 5.74) is 0.976. The molecule has 6 heteroatoms. The maximum Gasteiger partial charge on any atom is 0.223 e. The maximum absolute atomic E-state index is 12.4. The van der Waals surface area contributed by atoms with E-state index in [4.69, 9.17) is 21.0 Å². The Bertz CT molecular complexity index is 867. The zero-order chi connectivity index (χ0) is 17.2. The Labute approximate surface area is 155 Å². The number of fused-ring (bicyclic) bond motifs is 1. The normalized spacial score (nSPS) is 15.8. The lowest BCUT2D eigenvalue weighted by molar-refractivity contribution is -0.132. The number of benzene rings is 1. The first-order valence-electron chi connectivity index (χ1n) is 8.55. The molecule has 1 amide bonds. The number of hydrogen-bond donors (Lipinski definition) is 0. The molecule has 2 aromatic heterocycles. The van der Waals surface area contributed by atoms with Gasteiger partial charge in [0.25, 0.3) is 0 Å². The number of carbonyl (C=O) groups is 1. The van der Waals surface area contributed by atoms with Gasteiger partial charge < -0.3 is 9.32 Å². The van der Waals surface area contributed by atoms with Crippen molar-refractivity contribution < 1.29 is 9.21 Å². The van der Waals surface area contributed by atoms with E-state index in [0.29, 0.717) is 18.8 Å². The van der Waals surface area contributed by atoms with Crippen molar-refractivity contribution in [2.45, 2.75) is 31.6 Å². The third-order valence-corrected chi connectivity index (χ3v) is 6.16. The van der Waals surface area contributed by atoms with Crippen LogP contribution in [-0.2, 0) is 11.2 Å². The third kappa shape index (κ3) is 3.72. The van der Waals surface area contributed by atoms with Crippen LogP contribution in [0.1, 0.15) is 35.9 Å². The van der Waals surface area contributed by atoms with Gasteiger partial charge in [0.15, 0.2) is 0 Å². The van der Waals surface area contributed by atoms with Crippen molar-refractivity contribution in [3.05, 3.63) is 52.4 Å². The third-order valence-electron chi connectivity index (χ3n) is 4.73. The van der Waals surface area contributed by atoms with Crippen LogP contribution >= 0.6 is 22.9 Å². The van der Waals surface area contributed by atoms with Crippen molar-refractivity contribution in [1.82, 2.24) is 9.88 Å². The van der Waals surface area contributed by atoms with E-state index in [9.17, 15) is 4.79 Å². The molecule has 1 saturated heterocycles. The molecule has 3 aromatic rings. The fourth-order valence-corrected chi connectivity index (χ4v) is 4.60. The number of thiazole rings is 1. The van der Waals surface area contributed by atoms with E-state index in [1.165, 1.54) is 9.71 Å². The van der Waals surface area contributed by atoms with Crippen LogP contribution in [0.5, 0.6) is 0 Å². The van der Waals surface area contributed by atoms with Gasteiger partial charge in [-0.05, 0) is 43.2 Å². The van der Waals surface area contributed by atoms with E-state index < -0.39 is 0 Å². The summed E-state index contributed by atoms with van der Waals surface area (Å²) < 4.78 is 6.47. The maximum atomic E-state index is 12.4. The highest BCUT2D eigenvalue weighted by Crippen LogP contribution is 2.34. The highest BCUT2D eigenvalue weighted by Gasteiger charge is 2.25. The molecule has 0 unspecified atom stereocenters. The molecule has 0 aliphatic carbocycles. The largest absolute Gasteiger partial charge is 0.469 e. The monoisotopic (exact) mass is 374 g/mol. The summed E-state index contributed by atoms with van der Waals surface area (Å²) in [7, 11) is 0. The molecular weight excluding hydrogens is 356 g/mol. The predicted octanol–water partition coefficient (Wildman–Crippen LogP) is 4.88. The van der Waals surface area contributed by atoms with Crippen LogP contribution in [0, 0.1) is 0 Å². The molecule has 4 nitrogen and oxygen atoms in total. The minimum absolute atomic E-state index is 0.214. The molecular formula is C19H19ClN2O2S. The molecule has 0 saturated carbocycles. The molecule has 25 heavy (non-hydrogen) atoms. The average molecular weight is 375 g/mol. The summed E-state index contributed by atoms with van der Waals surface area (Å²) in [4.78, 5) is 19.1. The summed E-state index contributed by atoms with van der Waals surface area (Å²) in [6.07, 6.45) is 4.78. The van der Waals surface area contributed by atoms with Gasteiger partial charge in [-0.25, -0.2) is 4.98 Å². The second-order valence-electron chi connectivity index (χ2n) is 6.40. The highest BCUT2D eigenvalue weighted by molar-refractivity contribution is 7.18. The molecule has 0 radical (unpaired) electrons. The number of nitrogens with zero attached hydrogens (tertiary/aromatic N) is 2. The summed E-state index contributed by atoms with van der Waals surface area (Å²) in [5.74, 6) is 1.52. The number of piperidine rings is 1. The van der Waals surface area contributed by atoms with Gasteiger partial charge in [-0.15, -0.1) is 11.3 Å². The SMILES string of the molecule is O=C(CCc1ccco1)N1CCC(c2nc3cc(Cl)ccc3s2)CC1. The number of amides is 1. The molecule has 0 spiro atoms. The van der Waals surface area contributed by atoms with E-state index in [1.807, 2.05) is 35.2 Å². The lowest BCUT2D eigenvalue weighted by atomic mass is 9.97. The fraction of sp³-hybridized carbons (Fsp3) is 0.368. The number of hydrogen-bond acceptors (Lipinski definition) is 4. The smallest absolute Gasteiger partial charge is 0.223 e. The summed E-state index contributed by atoms with van der Waals surface area (Å²) in [6, 6.07) is 9.64. The number of halogens is 1. The van der Waals surface area contributed by atoms with Crippen LogP contribution < -0.4 is 0 Å². The van der Waals surface area contributed by atoms with Crippen LogP contribution in [-0.4, -0.2) is 28.9 Å². The molecule has 1 aliphatic heterocycles. The van der Waals surface area contributed by atoms with Crippen LogP contribution in [0.2, 0.25) is 5.02 Å². The van der Waals surface area contributed by atoms with Gasteiger partial charge >= 0.3 is 0 Å². The van der Waals surface area contributed by atoms with E-state index in [-0.39, 0.29) is 5.91 Å². The number of aromatic nitrogens is 1. The number of aryl methyl sites for hydroxylation is 1. The Hall–Kier alpha value is -1.85. The second kappa shape index (κ2) is 7.18. The number of likely N-dealkylation sites (tertiary alicyclic amines) is 1. The molecule has 3 heterocycles. The first-order valence-corrected chi connectivity index (χ1v) is 9.74. The van der Waals surface area contributed by atoms with Crippen LogP contribution in [0.15, 0.2) is 41.0 Å². The number of rotatable bonds is 4.